The number of nitrogens with zero attached hydrogens (tertiary/aromatic N) is 1. The Morgan fingerprint density at radius 3 is 2.78 bits per heavy atom. The molecular formula is C12H9BrClN3O. The van der Waals surface area contributed by atoms with E-state index in [9.17, 15) is 4.79 Å². The summed E-state index contributed by atoms with van der Waals surface area (Å²) in [6.07, 6.45) is 1.52. The van der Waals surface area contributed by atoms with Crippen molar-refractivity contribution in [3.8, 4) is 0 Å². The maximum atomic E-state index is 11.9. The highest BCUT2D eigenvalue weighted by molar-refractivity contribution is 9.10. The van der Waals surface area contributed by atoms with Crippen molar-refractivity contribution in [3.05, 3.63) is 51.6 Å². The van der Waals surface area contributed by atoms with Crippen LogP contribution in [0.1, 0.15) is 10.4 Å². The number of pyridine rings is 1. The Labute approximate surface area is 117 Å². The lowest BCUT2D eigenvalue weighted by Gasteiger charge is -2.06. The first-order valence-electron chi connectivity index (χ1n) is 5.04. The van der Waals surface area contributed by atoms with E-state index in [4.69, 9.17) is 17.3 Å². The summed E-state index contributed by atoms with van der Waals surface area (Å²) in [7, 11) is 0. The minimum atomic E-state index is -0.273. The molecule has 2 rings (SSSR count). The standard InChI is InChI=1S/C12H9BrClN3O/c13-9-5-7(1-2-10(9)15)12(18)17-11-6-8(14)3-4-16-11/h1-6H,15H2,(H,16,17,18). The topological polar surface area (TPSA) is 68.0 Å². The first-order chi connectivity index (χ1) is 8.56. The first kappa shape index (κ1) is 12.9. The molecule has 1 heterocycles. The molecule has 0 saturated heterocycles. The van der Waals surface area contributed by atoms with Gasteiger partial charge in [0.05, 0.1) is 0 Å². The highest BCUT2D eigenvalue weighted by atomic mass is 79.9. The molecular weight excluding hydrogens is 318 g/mol. The number of anilines is 2. The zero-order valence-corrected chi connectivity index (χ0v) is 11.5. The van der Waals surface area contributed by atoms with Crippen molar-refractivity contribution >= 4 is 44.9 Å². The summed E-state index contributed by atoms with van der Waals surface area (Å²) in [5.74, 6) is 0.130. The Hall–Kier alpha value is -1.59. The van der Waals surface area contributed by atoms with Crippen LogP contribution in [0.3, 0.4) is 0 Å². The van der Waals surface area contributed by atoms with Gasteiger partial charge < -0.3 is 11.1 Å². The van der Waals surface area contributed by atoms with Gasteiger partial charge in [-0.1, -0.05) is 11.6 Å². The molecule has 0 atom stereocenters. The fourth-order valence-corrected chi connectivity index (χ4v) is 1.87. The molecule has 2 aromatic rings. The molecule has 0 aliphatic carbocycles. The second kappa shape index (κ2) is 5.37. The van der Waals surface area contributed by atoms with Gasteiger partial charge in [-0.25, -0.2) is 4.98 Å². The number of hydrogen-bond acceptors (Lipinski definition) is 3. The lowest BCUT2D eigenvalue weighted by atomic mass is 10.2. The molecule has 0 fully saturated rings. The summed E-state index contributed by atoms with van der Waals surface area (Å²) in [4.78, 5) is 15.9. The average molecular weight is 327 g/mol. The van der Waals surface area contributed by atoms with Crippen LogP contribution in [-0.4, -0.2) is 10.9 Å². The third-order valence-electron chi connectivity index (χ3n) is 2.23. The maximum absolute atomic E-state index is 11.9. The van der Waals surface area contributed by atoms with Crippen LogP contribution in [0.5, 0.6) is 0 Å². The van der Waals surface area contributed by atoms with Crippen LogP contribution < -0.4 is 11.1 Å². The Kier molecular flexibility index (Phi) is 3.84. The number of nitrogens with two attached hydrogens (primary N) is 1. The van der Waals surface area contributed by atoms with Gasteiger partial charge >= 0.3 is 0 Å². The zero-order chi connectivity index (χ0) is 13.1. The lowest BCUT2D eigenvalue weighted by molar-refractivity contribution is 0.102. The number of aromatic nitrogens is 1. The molecule has 0 aliphatic heterocycles. The highest BCUT2D eigenvalue weighted by Crippen LogP contribution is 2.21. The number of halogens is 2. The molecule has 92 valence electrons. The van der Waals surface area contributed by atoms with E-state index in [0.717, 1.165) is 0 Å². The van der Waals surface area contributed by atoms with Gasteiger partial charge in [0.1, 0.15) is 5.82 Å². The number of benzene rings is 1. The summed E-state index contributed by atoms with van der Waals surface area (Å²) in [6, 6.07) is 8.16. The molecule has 0 spiro atoms. The van der Waals surface area contributed by atoms with E-state index in [1.165, 1.54) is 6.20 Å². The van der Waals surface area contributed by atoms with E-state index in [1.807, 2.05) is 0 Å². The van der Waals surface area contributed by atoms with Crippen molar-refractivity contribution in [1.82, 2.24) is 4.98 Å². The number of nitrogens with one attached hydrogen (secondary N) is 1. The van der Waals surface area contributed by atoms with Crippen LogP contribution in [0.4, 0.5) is 11.5 Å². The molecule has 0 radical (unpaired) electrons. The number of nitrogen functional groups attached to an aromatic ring is 1. The first-order valence-corrected chi connectivity index (χ1v) is 6.21. The van der Waals surface area contributed by atoms with Gasteiger partial charge in [0.2, 0.25) is 0 Å². The summed E-state index contributed by atoms with van der Waals surface area (Å²) >= 11 is 9.07. The second-order valence-corrected chi connectivity index (χ2v) is 4.84. The molecule has 0 bridgehead atoms. The summed E-state index contributed by atoms with van der Waals surface area (Å²) in [5.41, 5.74) is 6.71. The molecule has 3 N–H and O–H groups in total. The predicted molar refractivity (Wildman–Crippen MR) is 75.8 cm³/mol. The number of hydrogen-bond donors (Lipinski definition) is 2. The minimum absolute atomic E-state index is 0.273. The van der Waals surface area contributed by atoms with Crippen molar-refractivity contribution in [2.45, 2.75) is 0 Å². The summed E-state index contributed by atoms with van der Waals surface area (Å²) < 4.78 is 0.675. The van der Waals surface area contributed by atoms with E-state index in [1.54, 1.807) is 30.3 Å². The maximum Gasteiger partial charge on any atom is 0.256 e. The van der Waals surface area contributed by atoms with E-state index < -0.39 is 0 Å². The number of amides is 1. The number of carbonyl (C=O) groups excluding carboxylic acids is 1. The van der Waals surface area contributed by atoms with Crippen molar-refractivity contribution in [2.75, 3.05) is 11.1 Å². The van der Waals surface area contributed by atoms with Crippen LogP contribution >= 0.6 is 27.5 Å². The van der Waals surface area contributed by atoms with Gasteiger partial charge in [0.15, 0.2) is 0 Å². The van der Waals surface area contributed by atoms with Crippen molar-refractivity contribution in [3.63, 3.8) is 0 Å². The molecule has 6 heteroatoms. The Morgan fingerprint density at radius 2 is 2.11 bits per heavy atom. The summed E-state index contributed by atoms with van der Waals surface area (Å²) in [6.45, 7) is 0. The largest absolute Gasteiger partial charge is 0.398 e. The van der Waals surface area contributed by atoms with Gasteiger partial charge in [-0.2, -0.15) is 0 Å². The van der Waals surface area contributed by atoms with Crippen molar-refractivity contribution in [2.24, 2.45) is 0 Å². The van der Waals surface area contributed by atoms with Crippen molar-refractivity contribution < 1.29 is 4.79 Å². The van der Waals surface area contributed by atoms with Gasteiger partial charge in [-0.15, -0.1) is 0 Å². The monoisotopic (exact) mass is 325 g/mol. The second-order valence-electron chi connectivity index (χ2n) is 3.55. The van der Waals surface area contributed by atoms with Crippen LogP contribution in [0.2, 0.25) is 5.02 Å². The smallest absolute Gasteiger partial charge is 0.256 e. The SMILES string of the molecule is Nc1ccc(C(=O)Nc2cc(Cl)ccn2)cc1Br. The summed E-state index contributed by atoms with van der Waals surface area (Å²) in [5, 5.41) is 3.16. The molecule has 0 aliphatic rings. The molecule has 4 nitrogen and oxygen atoms in total. The quantitative estimate of drug-likeness (QED) is 0.832. The molecule has 1 aromatic carbocycles. The van der Waals surface area contributed by atoms with Crippen LogP contribution in [0, 0.1) is 0 Å². The molecule has 18 heavy (non-hydrogen) atoms. The van der Waals surface area contributed by atoms with E-state index in [2.05, 4.69) is 26.2 Å². The Morgan fingerprint density at radius 1 is 1.33 bits per heavy atom. The third kappa shape index (κ3) is 3.00. The fraction of sp³-hybridized carbons (Fsp3) is 0. The molecule has 1 amide bonds. The van der Waals surface area contributed by atoms with Gasteiger partial charge in [0.25, 0.3) is 5.91 Å². The molecule has 0 saturated carbocycles. The normalized spacial score (nSPS) is 10.1. The minimum Gasteiger partial charge on any atom is -0.398 e. The van der Waals surface area contributed by atoms with Crippen LogP contribution in [-0.2, 0) is 0 Å². The average Bonchev–Trinajstić information content (AvgIpc) is 2.32. The van der Waals surface area contributed by atoms with E-state index in [0.29, 0.717) is 26.6 Å². The Balaban J connectivity index is 2.19. The van der Waals surface area contributed by atoms with Crippen molar-refractivity contribution in [1.29, 1.82) is 0 Å². The van der Waals surface area contributed by atoms with Gasteiger partial charge in [-0.3, -0.25) is 4.79 Å². The van der Waals surface area contributed by atoms with Crippen LogP contribution in [0.15, 0.2) is 41.0 Å². The molecule has 0 unspecified atom stereocenters. The molecule has 1 aromatic heterocycles. The Bertz CT molecular complexity index is 604. The number of carbonyl (C=O) groups is 1. The fourth-order valence-electron chi connectivity index (χ4n) is 1.33. The van der Waals surface area contributed by atoms with E-state index >= 15 is 0 Å². The van der Waals surface area contributed by atoms with Crippen LogP contribution in [0.25, 0.3) is 0 Å². The highest BCUT2D eigenvalue weighted by Gasteiger charge is 2.08. The number of rotatable bonds is 2. The lowest BCUT2D eigenvalue weighted by Crippen LogP contribution is -2.13. The zero-order valence-electron chi connectivity index (χ0n) is 9.15. The van der Waals surface area contributed by atoms with Gasteiger partial charge in [-0.05, 0) is 46.3 Å². The van der Waals surface area contributed by atoms with Gasteiger partial charge in [0, 0.05) is 26.9 Å². The van der Waals surface area contributed by atoms with E-state index in [-0.39, 0.29) is 5.91 Å². The third-order valence-corrected chi connectivity index (χ3v) is 3.15. The predicted octanol–water partition coefficient (Wildman–Crippen LogP) is 3.33.